The first-order chi connectivity index (χ1) is 17.5. The van der Waals surface area contributed by atoms with Gasteiger partial charge in [0.15, 0.2) is 17.5 Å². The first kappa shape index (κ1) is 25.9. The fourth-order valence-corrected chi connectivity index (χ4v) is 4.14. The zero-order valence-electron chi connectivity index (χ0n) is 19.6. The average Bonchev–Trinajstić information content (AvgIpc) is 3.19. The van der Waals surface area contributed by atoms with Crippen LogP contribution in [0.5, 0.6) is 0 Å². The lowest BCUT2D eigenvalue weighted by molar-refractivity contribution is 0.444. The van der Waals surface area contributed by atoms with Gasteiger partial charge in [-0.25, -0.2) is 27.3 Å². The van der Waals surface area contributed by atoms with Crippen molar-refractivity contribution in [3.05, 3.63) is 85.2 Å². The highest BCUT2D eigenvalue weighted by Gasteiger charge is 2.20. The average molecular weight is 533 g/mol. The van der Waals surface area contributed by atoms with Crippen molar-refractivity contribution in [1.29, 1.82) is 0 Å². The molecule has 0 aliphatic carbocycles. The van der Waals surface area contributed by atoms with Gasteiger partial charge in [-0.15, -0.1) is 0 Å². The molecular weight excluding hydrogens is 513 g/mol. The maximum absolute atomic E-state index is 13.9. The molecule has 14 heteroatoms. The molecule has 0 aliphatic heterocycles. The molecule has 0 saturated heterocycles. The third-order valence-corrected chi connectivity index (χ3v) is 5.81. The van der Waals surface area contributed by atoms with Crippen LogP contribution in [-0.4, -0.2) is 30.6 Å². The van der Waals surface area contributed by atoms with E-state index in [9.17, 15) is 22.8 Å². The van der Waals surface area contributed by atoms with Crippen molar-refractivity contribution in [2.75, 3.05) is 5.32 Å². The maximum atomic E-state index is 13.9. The SMILES string of the molecule is C=N/C=C(\C)n1c(=O)nc(Nc2c(Cl)cc3nn(C)cc3c2CN)n(Cc2cc(F)c(F)c(F)c2)c1=O. The Morgan fingerprint density at radius 1 is 1.24 bits per heavy atom. The summed E-state index contributed by atoms with van der Waals surface area (Å²) in [6, 6.07) is 3.03. The summed E-state index contributed by atoms with van der Waals surface area (Å²) in [5.41, 5.74) is 5.41. The number of fused-ring (bicyclic) bond motifs is 1. The zero-order chi connectivity index (χ0) is 27.0. The minimum Gasteiger partial charge on any atom is -0.326 e. The lowest BCUT2D eigenvalue weighted by atomic mass is 10.1. The summed E-state index contributed by atoms with van der Waals surface area (Å²) in [5.74, 6) is -4.84. The minimum atomic E-state index is -1.66. The number of rotatable bonds is 7. The van der Waals surface area contributed by atoms with Crippen LogP contribution in [0.1, 0.15) is 18.1 Å². The van der Waals surface area contributed by atoms with Crippen molar-refractivity contribution in [2.24, 2.45) is 17.8 Å². The molecule has 0 amide bonds. The number of nitrogens with one attached hydrogen (secondary N) is 1. The van der Waals surface area contributed by atoms with E-state index in [1.165, 1.54) is 13.1 Å². The van der Waals surface area contributed by atoms with Crippen LogP contribution in [0.2, 0.25) is 5.02 Å². The van der Waals surface area contributed by atoms with Crippen LogP contribution < -0.4 is 22.4 Å². The van der Waals surface area contributed by atoms with Crippen LogP contribution in [-0.2, 0) is 20.1 Å². The van der Waals surface area contributed by atoms with Crippen LogP contribution in [0.15, 0.2) is 45.2 Å². The van der Waals surface area contributed by atoms with Gasteiger partial charge in [0, 0.05) is 42.6 Å². The summed E-state index contributed by atoms with van der Waals surface area (Å²) in [4.78, 5) is 33.8. The lowest BCUT2D eigenvalue weighted by Crippen LogP contribution is -2.42. The molecule has 4 rings (SSSR count). The van der Waals surface area contributed by atoms with Crippen molar-refractivity contribution < 1.29 is 13.2 Å². The van der Waals surface area contributed by atoms with E-state index in [0.717, 1.165) is 16.7 Å². The number of benzene rings is 2. The maximum Gasteiger partial charge on any atom is 0.359 e. The van der Waals surface area contributed by atoms with Gasteiger partial charge in [0.25, 0.3) is 0 Å². The molecule has 2 aromatic carbocycles. The number of nitrogens with two attached hydrogens (primary N) is 1. The highest BCUT2D eigenvalue weighted by atomic mass is 35.5. The van der Waals surface area contributed by atoms with E-state index in [4.69, 9.17) is 17.3 Å². The zero-order valence-corrected chi connectivity index (χ0v) is 20.4. The first-order valence-corrected chi connectivity index (χ1v) is 11.1. The van der Waals surface area contributed by atoms with Gasteiger partial charge in [0.05, 0.1) is 22.8 Å². The molecule has 0 unspecified atom stereocenters. The largest absolute Gasteiger partial charge is 0.359 e. The van der Waals surface area contributed by atoms with Gasteiger partial charge in [0.1, 0.15) is 0 Å². The fourth-order valence-electron chi connectivity index (χ4n) is 3.88. The lowest BCUT2D eigenvalue weighted by Gasteiger charge is -2.18. The Bertz CT molecular complexity index is 1680. The van der Waals surface area contributed by atoms with Gasteiger partial charge >= 0.3 is 11.4 Å². The molecule has 0 aliphatic rings. The first-order valence-electron chi connectivity index (χ1n) is 10.7. The van der Waals surface area contributed by atoms with E-state index >= 15 is 0 Å². The third-order valence-electron chi connectivity index (χ3n) is 5.51. The minimum absolute atomic E-state index is 0.00756. The topological polar surface area (TPSA) is 125 Å². The molecule has 10 nitrogen and oxygen atoms in total. The van der Waals surface area contributed by atoms with E-state index < -0.39 is 35.4 Å². The second kappa shape index (κ2) is 10.0. The number of hydrogen-bond acceptors (Lipinski definition) is 7. The fraction of sp³-hybridized carbons (Fsp3) is 0.174. The quantitative estimate of drug-likeness (QED) is 0.278. The van der Waals surface area contributed by atoms with Crippen molar-refractivity contribution in [3.8, 4) is 0 Å². The molecule has 4 aromatic rings. The predicted octanol–water partition coefficient (Wildman–Crippen LogP) is 3.13. The second-order valence-corrected chi connectivity index (χ2v) is 8.43. The smallest absolute Gasteiger partial charge is 0.326 e. The van der Waals surface area contributed by atoms with E-state index in [0.29, 0.717) is 21.0 Å². The molecule has 2 heterocycles. The molecule has 0 saturated carbocycles. The Labute approximate surface area is 212 Å². The molecular formula is C23H20ClF3N8O2. The van der Waals surface area contributed by atoms with Crippen LogP contribution >= 0.6 is 11.6 Å². The summed E-state index contributed by atoms with van der Waals surface area (Å²) in [7, 11) is 1.72. The van der Waals surface area contributed by atoms with Gasteiger partial charge in [-0.1, -0.05) is 11.6 Å². The molecule has 0 bridgehead atoms. The van der Waals surface area contributed by atoms with E-state index in [1.54, 1.807) is 24.0 Å². The second-order valence-electron chi connectivity index (χ2n) is 8.03. The summed E-state index contributed by atoms with van der Waals surface area (Å²) in [6.07, 6.45) is 2.89. The molecule has 0 atom stereocenters. The molecule has 192 valence electrons. The molecule has 2 aromatic heterocycles. The number of allylic oxidation sites excluding steroid dienone is 1. The Balaban J connectivity index is 1.96. The highest BCUT2D eigenvalue weighted by Crippen LogP contribution is 2.34. The van der Waals surface area contributed by atoms with Gasteiger partial charge in [-0.2, -0.15) is 10.1 Å². The van der Waals surface area contributed by atoms with Crippen molar-refractivity contribution >= 4 is 46.6 Å². The number of aliphatic imine (C=N–C) groups is 1. The summed E-state index contributed by atoms with van der Waals surface area (Å²) < 4.78 is 44.5. The standard InChI is InChI=1S/C23H20ClF3N8O2/c1-11(8-29-2)35-22(36)31-21(34(23(35)37)9-12-4-16(25)19(27)17(26)5-12)30-20-13(7-28)14-10-33(3)32-18(14)6-15(20)24/h4-6,8,10H,2,7,9,28H2,1,3H3,(H,30,31,36)/b11-8+. The number of aromatic nitrogens is 5. The Kier molecular flexibility index (Phi) is 7.01. The number of halogens is 4. The number of aryl methyl sites for hydroxylation is 1. The molecule has 3 N–H and O–H groups in total. The normalized spacial score (nSPS) is 11.8. The van der Waals surface area contributed by atoms with Crippen molar-refractivity contribution in [1.82, 2.24) is 23.9 Å². The van der Waals surface area contributed by atoms with Crippen LogP contribution in [0.4, 0.5) is 24.8 Å². The summed E-state index contributed by atoms with van der Waals surface area (Å²) in [6.45, 7) is 4.24. The summed E-state index contributed by atoms with van der Waals surface area (Å²) in [5, 5.41) is 8.02. The molecule has 0 radical (unpaired) electrons. The van der Waals surface area contributed by atoms with Crippen molar-refractivity contribution in [3.63, 3.8) is 0 Å². The van der Waals surface area contributed by atoms with Gasteiger partial charge < -0.3 is 11.1 Å². The monoisotopic (exact) mass is 532 g/mol. The van der Waals surface area contributed by atoms with Gasteiger partial charge in [-0.05, 0) is 37.4 Å². The Morgan fingerprint density at radius 2 is 1.92 bits per heavy atom. The molecule has 37 heavy (non-hydrogen) atoms. The summed E-state index contributed by atoms with van der Waals surface area (Å²) >= 11 is 6.49. The van der Waals surface area contributed by atoms with Crippen LogP contribution in [0, 0.1) is 17.5 Å². The number of nitrogens with zero attached hydrogens (tertiary/aromatic N) is 6. The van der Waals surface area contributed by atoms with E-state index in [2.05, 4.69) is 27.1 Å². The van der Waals surface area contributed by atoms with Crippen LogP contribution in [0.25, 0.3) is 16.6 Å². The van der Waals surface area contributed by atoms with Crippen LogP contribution in [0.3, 0.4) is 0 Å². The molecule has 0 spiro atoms. The Hall–Kier alpha value is -4.23. The predicted molar refractivity (Wildman–Crippen MR) is 135 cm³/mol. The van der Waals surface area contributed by atoms with Gasteiger partial charge in [-0.3, -0.25) is 14.2 Å². The third kappa shape index (κ3) is 4.78. The van der Waals surface area contributed by atoms with Gasteiger partial charge in [0.2, 0.25) is 5.95 Å². The van der Waals surface area contributed by atoms with E-state index in [1.807, 2.05) is 0 Å². The highest BCUT2D eigenvalue weighted by molar-refractivity contribution is 6.34. The number of anilines is 2. The van der Waals surface area contributed by atoms with E-state index in [-0.39, 0.29) is 34.5 Å². The van der Waals surface area contributed by atoms with Crippen molar-refractivity contribution in [2.45, 2.75) is 20.0 Å². The molecule has 0 fully saturated rings. The number of hydrogen-bond donors (Lipinski definition) is 2. The Morgan fingerprint density at radius 3 is 2.54 bits per heavy atom.